The van der Waals surface area contributed by atoms with Crippen molar-refractivity contribution < 1.29 is 27.8 Å². The number of likely N-dealkylation sites (N-methyl/N-ethyl adjacent to an activating group) is 1. The fourth-order valence-corrected chi connectivity index (χ4v) is 5.79. The molecule has 1 amide bonds. The number of carbonyl (C=O) groups excluding carboxylic acids is 1. The third-order valence-corrected chi connectivity index (χ3v) is 8.47. The largest absolute Gasteiger partial charge is 0.497 e. The minimum absolute atomic E-state index is 0.0300. The van der Waals surface area contributed by atoms with Crippen LogP contribution in [-0.2, 0) is 16.6 Å². The number of methoxy groups -OCH3 is 1. The smallest absolute Gasteiger partial charge is 0.261 e. The highest BCUT2D eigenvalue weighted by atomic mass is 32.2. The van der Waals surface area contributed by atoms with Crippen LogP contribution < -0.4 is 14.2 Å². The number of hydrogen-bond donors (Lipinski definition) is 2. The molecule has 9 nitrogen and oxygen atoms in total. The summed E-state index contributed by atoms with van der Waals surface area (Å²) < 4.78 is 40.2. The molecule has 0 unspecified atom stereocenters. The summed E-state index contributed by atoms with van der Waals surface area (Å²) in [4.78, 5) is 17.6. The topological polar surface area (TPSA) is 108 Å². The van der Waals surface area contributed by atoms with Gasteiger partial charge in [0.05, 0.1) is 30.2 Å². The van der Waals surface area contributed by atoms with Gasteiger partial charge in [-0.25, -0.2) is 8.42 Å². The lowest BCUT2D eigenvalue weighted by molar-refractivity contribution is 0.0341. The molecule has 0 saturated carbocycles. The summed E-state index contributed by atoms with van der Waals surface area (Å²) in [6.45, 7) is 5.36. The zero-order chi connectivity index (χ0) is 28.9. The van der Waals surface area contributed by atoms with Gasteiger partial charge in [-0.3, -0.25) is 14.4 Å². The lowest BCUT2D eigenvalue weighted by Crippen LogP contribution is -2.49. The molecule has 0 radical (unpaired) electrons. The Hall–Kier alpha value is -3.60. The van der Waals surface area contributed by atoms with Gasteiger partial charge in [0.25, 0.3) is 15.9 Å². The lowest BCUT2D eigenvalue weighted by atomic mass is 9.99. The molecule has 10 heteroatoms. The van der Waals surface area contributed by atoms with Crippen LogP contribution in [0.5, 0.6) is 11.5 Å². The van der Waals surface area contributed by atoms with Crippen LogP contribution in [0.1, 0.15) is 29.8 Å². The minimum atomic E-state index is -3.92. The first-order valence-electron chi connectivity index (χ1n) is 13.2. The van der Waals surface area contributed by atoms with Crippen LogP contribution in [-0.4, -0.2) is 75.2 Å². The first-order chi connectivity index (χ1) is 19.1. The molecule has 214 valence electrons. The van der Waals surface area contributed by atoms with E-state index in [4.69, 9.17) is 9.47 Å². The van der Waals surface area contributed by atoms with Crippen molar-refractivity contribution in [3.8, 4) is 11.5 Å². The predicted octanol–water partition coefficient (Wildman–Crippen LogP) is 3.85. The van der Waals surface area contributed by atoms with Gasteiger partial charge >= 0.3 is 0 Å². The maximum Gasteiger partial charge on any atom is 0.261 e. The number of anilines is 1. The molecule has 1 heterocycles. The Kier molecular flexibility index (Phi) is 9.34. The van der Waals surface area contributed by atoms with E-state index in [0.717, 1.165) is 6.54 Å². The maximum atomic E-state index is 13.7. The van der Waals surface area contributed by atoms with Crippen LogP contribution in [0.15, 0.2) is 77.7 Å². The number of nitrogens with one attached hydrogen (secondary N) is 1. The van der Waals surface area contributed by atoms with E-state index in [1.54, 1.807) is 36.1 Å². The van der Waals surface area contributed by atoms with Crippen LogP contribution in [0, 0.1) is 5.92 Å². The van der Waals surface area contributed by atoms with E-state index in [-0.39, 0.29) is 40.7 Å². The average Bonchev–Trinajstić information content (AvgIpc) is 2.95. The highest BCUT2D eigenvalue weighted by Crippen LogP contribution is 2.31. The summed E-state index contributed by atoms with van der Waals surface area (Å²) in [5, 5.41) is 9.91. The van der Waals surface area contributed by atoms with Crippen molar-refractivity contribution in [1.29, 1.82) is 0 Å². The minimum Gasteiger partial charge on any atom is -0.497 e. The first-order valence-corrected chi connectivity index (χ1v) is 14.7. The van der Waals surface area contributed by atoms with Gasteiger partial charge in [-0.05, 0) is 62.0 Å². The number of carbonyl (C=O) groups is 1. The molecule has 3 atom stereocenters. The predicted molar refractivity (Wildman–Crippen MR) is 154 cm³/mol. The Bertz CT molecular complexity index is 1400. The molecule has 1 aliphatic heterocycles. The molecular formula is C30H37N3O6S. The molecule has 3 aromatic rings. The third kappa shape index (κ3) is 6.93. The molecule has 0 aromatic heterocycles. The Morgan fingerprint density at radius 1 is 1.12 bits per heavy atom. The number of nitrogens with zero attached hydrogens (tertiary/aromatic N) is 2. The van der Waals surface area contributed by atoms with Gasteiger partial charge in [0.15, 0.2) is 0 Å². The van der Waals surface area contributed by atoms with Crippen molar-refractivity contribution in [2.45, 2.75) is 37.4 Å². The molecule has 0 fully saturated rings. The molecule has 0 spiro atoms. The van der Waals surface area contributed by atoms with Crippen LogP contribution in [0.3, 0.4) is 0 Å². The van der Waals surface area contributed by atoms with Gasteiger partial charge in [-0.15, -0.1) is 0 Å². The second-order valence-corrected chi connectivity index (χ2v) is 12.0. The Morgan fingerprint density at radius 2 is 1.82 bits per heavy atom. The van der Waals surface area contributed by atoms with E-state index in [2.05, 4.69) is 21.8 Å². The summed E-state index contributed by atoms with van der Waals surface area (Å²) >= 11 is 0. The van der Waals surface area contributed by atoms with Crippen molar-refractivity contribution in [3.63, 3.8) is 0 Å². The zero-order valence-corrected chi connectivity index (χ0v) is 24.1. The van der Waals surface area contributed by atoms with Crippen molar-refractivity contribution in [2.75, 3.05) is 38.6 Å². The Labute approximate surface area is 236 Å². The summed E-state index contributed by atoms with van der Waals surface area (Å²) in [6.07, 6.45) is -0.254. The molecule has 40 heavy (non-hydrogen) atoms. The van der Waals surface area contributed by atoms with Crippen molar-refractivity contribution in [1.82, 2.24) is 9.80 Å². The Balaban J connectivity index is 1.62. The lowest BCUT2D eigenvalue weighted by Gasteiger charge is -2.38. The van der Waals surface area contributed by atoms with E-state index in [1.165, 1.54) is 30.9 Å². The summed E-state index contributed by atoms with van der Waals surface area (Å²) in [7, 11) is -0.383. The van der Waals surface area contributed by atoms with Crippen LogP contribution in [0.2, 0.25) is 0 Å². The molecular weight excluding hydrogens is 530 g/mol. The fourth-order valence-electron chi connectivity index (χ4n) is 4.74. The second-order valence-electron chi connectivity index (χ2n) is 10.3. The molecule has 0 saturated heterocycles. The quantitative estimate of drug-likeness (QED) is 0.383. The van der Waals surface area contributed by atoms with E-state index >= 15 is 0 Å². The van der Waals surface area contributed by atoms with E-state index in [9.17, 15) is 18.3 Å². The average molecular weight is 568 g/mol. The number of aliphatic hydroxyl groups excluding tert-OH is 1. The number of ether oxygens (including phenoxy) is 2. The van der Waals surface area contributed by atoms with Crippen LogP contribution >= 0.6 is 0 Å². The van der Waals surface area contributed by atoms with Gasteiger partial charge < -0.3 is 19.5 Å². The standard InChI is InChI=1S/C30H37N3O6S/c1-21-17-33(22(2)20-34)30(35)27-16-24(31-40(36,37)26-13-11-25(38-4)12-14-26)10-15-28(27)39-29(21)19-32(3)18-23-8-6-5-7-9-23/h5-16,21-22,29,31,34H,17-20H2,1-4H3/t21-,22+,29-/m0/s1. The zero-order valence-electron chi connectivity index (χ0n) is 23.3. The van der Waals surface area contributed by atoms with Gasteiger partial charge in [-0.2, -0.15) is 0 Å². The summed E-state index contributed by atoms with van der Waals surface area (Å²) in [6, 6.07) is 20.5. The van der Waals surface area contributed by atoms with E-state index in [1.807, 2.05) is 32.2 Å². The number of benzene rings is 3. The van der Waals surface area contributed by atoms with Crippen molar-refractivity contribution in [3.05, 3.63) is 83.9 Å². The molecule has 0 bridgehead atoms. The van der Waals surface area contributed by atoms with Gasteiger partial charge in [-0.1, -0.05) is 37.3 Å². The monoisotopic (exact) mass is 567 g/mol. The van der Waals surface area contributed by atoms with Crippen molar-refractivity contribution in [2.24, 2.45) is 5.92 Å². The number of fused-ring (bicyclic) bond motifs is 1. The molecule has 1 aliphatic rings. The number of aliphatic hydroxyl groups is 1. The van der Waals surface area contributed by atoms with E-state index in [0.29, 0.717) is 24.6 Å². The molecule has 3 aromatic carbocycles. The van der Waals surface area contributed by atoms with E-state index < -0.39 is 16.1 Å². The highest BCUT2D eigenvalue weighted by Gasteiger charge is 2.33. The van der Waals surface area contributed by atoms with Gasteiger partial charge in [0.1, 0.15) is 17.6 Å². The number of rotatable bonds is 10. The third-order valence-electron chi connectivity index (χ3n) is 7.07. The number of hydrogen-bond acceptors (Lipinski definition) is 7. The van der Waals surface area contributed by atoms with Crippen LogP contribution in [0.25, 0.3) is 0 Å². The molecule has 2 N–H and O–H groups in total. The van der Waals surface area contributed by atoms with Crippen LogP contribution in [0.4, 0.5) is 5.69 Å². The maximum absolute atomic E-state index is 13.7. The first kappa shape index (κ1) is 29.4. The summed E-state index contributed by atoms with van der Waals surface area (Å²) in [5.74, 6) is 0.554. The highest BCUT2D eigenvalue weighted by molar-refractivity contribution is 7.92. The van der Waals surface area contributed by atoms with Crippen molar-refractivity contribution >= 4 is 21.6 Å². The normalized spacial score (nSPS) is 18.4. The van der Waals surface area contributed by atoms with Gasteiger partial charge in [0.2, 0.25) is 0 Å². The summed E-state index contributed by atoms with van der Waals surface area (Å²) in [5.41, 5.74) is 1.65. The molecule has 0 aliphatic carbocycles. The SMILES string of the molecule is COc1ccc(S(=O)(=O)Nc2ccc3c(c2)C(=O)N([C@H](C)CO)C[C@H](C)[C@H](CN(C)Cc2ccccc2)O3)cc1. The number of amides is 1. The molecule has 4 rings (SSSR count). The van der Waals surface area contributed by atoms with Gasteiger partial charge in [0, 0.05) is 31.2 Å². The second kappa shape index (κ2) is 12.7. The fraction of sp³-hybridized carbons (Fsp3) is 0.367. The number of sulfonamides is 1. The Morgan fingerprint density at radius 3 is 2.48 bits per heavy atom.